The Morgan fingerprint density at radius 2 is 2.00 bits per heavy atom. The van der Waals surface area contributed by atoms with Crippen molar-refractivity contribution in [3.8, 4) is 11.5 Å². The Labute approximate surface area is 200 Å². The monoisotopic (exact) mass is 492 g/mol. The lowest BCUT2D eigenvalue weighted by Crippen LogP contribution is -2.44. The topological polar surface area (TPSA) is 60.7 Å². The van der Waals surface area contributed by atoms with Gasteiger partial charge in [0.1, 0.15) is 12.4 Å². The van der Waals surface area contributed by atoms with Gasteiger partial charge in [0.2, 0.25) is 0 Å². The molecule has 0 radical (unpaired) electrons. The van der Waals surface area contributed by atoms with Crippen LogP contribution in [0.25, 0.3) is 0 Å². The molecule has 1 unspecified atom stereocenters. The Balaban J connectivity index is 1.62. The Kier molecular flexibility index (Phi) is 6.74. The maximum atomic E-state index is 13.1. The van der Waals surface area contributed by atoms with Gasteiger partial charge in [-0.1, -0.05) is 46.6 Å². The molecule has 2 heterocycles. The summed E-state index contributed by atoms with van der Waals surface area (Å²) in [5.74, 6) is 0.437. The van der Waals surface area contributed by atoms with Crippen LogP contribution in [0.15, 0.2) is 47.6 Å². The zero-order chi connectivity index (χ0) is 24.5. The number of halogens is 4. The number of benzene rings is 2. The van der Waals surface area contributed by atoms with Crippen LogP contribution < -0.4 is 10.1 Å². The van der Waals surface area contributed by atoms with E-state index in [2.05, 4.69) is 40.7 Å². The van der Waals surface area contributed by atoms with Crippen molar-refractivity contribution in [2.45, 2.75) is 46.0 Å². The lowest BCUT2D eigenvalue weighted by atomic mass is 9.99. The number of oxime groups is 1. The lowest BCUT2D eigenvalue weighted by molar-refractivity contribution is -0.137. The number of nitrogens with zero attached hydrogens (tertiary/aromatic N) is 3. The second kappa shape index (κ2) is 9.58. The summed E-state index contributed by atoms with van der Waals surface area (Å²) < 4.78 is 46.8. The molecular formula is C24H24ClF3N4O2. The molecule has 6 nitrogen and oxygen atoms in total. The fourth-order valence-electron chi connectivity index (χ4n) is 3.83. The summed E-state index contributed by atoms with van der Waals surface area (Å²) in [5, 5.41) is 11.8. The number of alkyl halides is 3. The third-order valence-electron chi connectivity index (χ3n) is 5.51. The first-order chi connectivity index (χ1) is 16.2. The van der Waals surface area contributed by atoms with Crippen LogP contribution in [0.2, 0.25) is 5.15 Å². The average molecular weight is 493 g/mol. The maximum Gasteiger partial charge on any atom is 0.416 e. The summed E-state index contributed by atoms with van der Waals surface area (Å²) in [5.41, 5.74) is 3.12. The first kappa shape index (κ1) is 23.9. The van der Waals surface area contributed by atoms with E-state index in [9.17, 15) is 13.2 Å². The number of ether oxygens (including phenoxy) is 1. The molecule has 0 spiro atoms. The number of aryl methyl sites for hydroxylation is 3. The normalized spacial score (nSPS) is 16.0. The van der Waals surface area contributed by atoms with Gasteiger partial charge in [-0.05, 0) is 56.5 Å². The number of hydrogen-bond donors (Lipinski definition) is 1. The SMILES string of the molecule is CCn1nc(Cl)c(Oc2cccc(C(F)(F)F)c2)c1C1=NOCC(Cc2ccc(C)cc2C)N1. The van der Waals surface area contributed by atoms with Crippen LogP contribution >= 0.6 is 11.6 Å². The van der Waals surface area contributed by atoms with Gasteiger partial charge < -0.3 is 14.9 Å². The van der Waals surface area contributed by atoms with E-state index >= 15 is 0 Å². The first-order valence-corrected chi connectivity index (χ1v) is 11.2. The van der Waals surface area contributed by atoms with Gasteiger partial charge in [0, 0.05) is 6.54 Å². The molecule has 34 heavy (non-hydrogen) atoms. The van der Waals surface area contributed by atoms with Crippen LogP contribution in [-0.2, 0) is 24.0 Å². The molecule has 4 rings (SSSR count). The molecule has 0 saturated heterocycles. The third-order valence-corrected chi connectivity index (χ3v) is 5.76. The van der Waals surface area contributed by atoms with E-state index in [-0.39, 0.29) is 22.7 Å². The van der Waals surface area contributed by atoms with Crippen LogP contribution in [-0.4, -0.2) is 28.3 Å². The minimum absolute atomic E-state index is 0.00950. The van der Waals surface area contributed by atoms with Crippen LogP contribution in [0.5, 0.6) is 11.5 Å². The van der Waals surface area contributed by atoms with E-state index in [1.807, 2.05) is 13.8 Å². The first-order valence-electron chi connectivity index (χ1n) is 10.8. The van der Waals surface area contributed by atoms with E-state index in [1.165, 1.54) is 28.8 Å². The van der Waals surface area contributed by atoms with Crippen LogP contribution in [0, 0.1) is 13.8 Å². The van der Waals surface area contributed by atoms with E-state index < -0.39 is 11.7 Å². The molecule has 0 aliphatic carbocycles. The van der Waals surface area contributed by atoms with Crippen molar-refractivity contribution >= 4 is 17.4 Å². The van der Waals surface area contributed by atoms with Gasteiger partial charge in [0.25, 0.3) is 0 Å². The molecule has 1 aliphatic rings. The Morgan fingerprint density at radius 1 is 1.21 bits per heavy atom. The molecule has 2 aromatic carbocycles. The summed E-state index contributed by atoms with van der Waals surface area (Å²) in [6.07, 6.45) is -3.80. The molecule has 1 N–H and O–H groups in total. The predicted octanol–water partition coefficient (Wildman–Crippen LogP) is 5.88. The summed E-state index contributed by atoms with van der Waals surface area (Å²) in [6, 6.07) is 10.8. The molecule has 3 aromatic rings. The predicted molar refractivity (Wildman–Crippen MR) is 123 cm³/mol. The standard InChI is InChI=1S/C24H24ClF3N4O2/c1-4-32-20(21(22(25)30-32)34-19-7-5-6-17(12-19)24(26,27)28)23-29-18(13-33-31-23)11-16-9-8-14(2)10-15(16)3/h5-10,12,18H,4,11,13H2,1-3H3,(H,29,31). The van der Waals surface area contributed by atoms with Gasteiger partial charge in [0.15, 0.2) is 22.4 Å². The van der Waals surface area contributed by atoms with Gasteiger partial charge >= 0.3 is 6.18 Å². The second-order valence-electron chi connectivity index (χ2n) is 8.12. The zero-order valence-electron chi connectivity index (χ0n) is 18.9. The van der Waals surface area contributed by atoms with Crippen LogP contribution in [0.3, 0.4) is 0 Å². The number of nitrogens with one attached hydrogen (secondary N) is 1. The summed E-state index contributed by atoms with van der Waals surface area (Å²) >= 11 is 6.33. The highest BCUT2D eigenvalue weighted by Gasteiger charge is 2.32. The van der Waals surface area contributed by atoms with E-state index in [0.717, 1.165) is 12.1 Å². The summed E-state index contributed by atoms with van der Waals surface area (Å²) in [7, 11) is 0. The van der Waals surface area contributed by atoms with Crippen molar-refractivity contribution in [2.75, 3.05) is 6.61 Å². The molecule has 1 atom stereocenters. The highest BCUT2D eigenvalue weighted by molar-refractivity contribution is 6.31. The molecule has 0 saturated carbocycles. The summed E-state index contributed by atoms with van der Waals surface area (Å²) in [6.45, 7) is 6.76. The lowest BCUT2D eigenvalue weighted by Gasteiger charge is -2.25. The smallest absolute Gasteiger partial charge is 0.416 e. The van der Waals surface area contributed by atoms with Crippen molar-refractivity contribution in [1.82, 2.24) is 15.1 Å². The van der Waals surface area contributed by atoms with E-state index in [0.29, 0.717) is 31.1 Å². The van der Waals surface area contributed by atoms with Crippen molar-refractivity contribution in [1.29, 1.82) is 0 Å². The molecule has 0 amide bonds. The molecule has 1 aromatic heterocycles. The number of hydrogen-bond acceptors (Lipinski definition) is 5. The van der Waals surface area contributed by atoms with Crippen molar-refractivity contribution < 1.29 is 22.7 Å². The highest BCUT2D eigenvalue weighted by atomic mass is 35.5. The maximum absolute atomic E-state index is 13.1. The average Bonchev–Trinajstić information content (AvgIpc) is 3.11. The molecule has 0 bridgehead atoms. The molecule has 180 valence electrons. The van der Waals surface area contributed by atoms with Crippen molar-refractivity contribution in [2.24, 2.45) is 5.16 Å². The Morgan fingerprint density at radius 3 is 2.71 bits per heavy atom. The number of amidine groups is 1. The largest absolute Gasteiger partial charge is 0.452 e. The summed E-state index contributed by atoms with van der Waals surface area (Å²) in [4.78, 5) is 5.50. The highest BCUT2D eigenvalue weighted by Crippen LogP contribution is 2.36. The Hall–Kier alpha value is -3.20. The van der Waals surface area contributed by atoms with Crippen molar-refractivity contribution in [3.05, 3.63) is 75.6 Å². The van der Waals surface area contributed by atoms with E-state index in [4.69, 9.17) is 21.2 Å². The zero-order valence-corrected chi connectivity index (χ0v) is 19.7. The van der Waals surface area contributed by atoms with Gasteiger partial charge in [-0.25, -0.2) is 0 Å². The molecule has 0 fully saturated rings. The second-order valence-corrected chi connectivity index (χ2v) is 8.48. The minimum Gasteiger partial charge on any atom is -0.452 e. The van der Waals surface area contributed by atoms with Crippen molar-refractivity contribution in [3.63, 3.8) is 0 Å². The molecule has 1 aliphatic heterocycles. The molecular weight excluding hydrogens is 469 g/mol. The van der Waals surface area contributed by atoms with E-state index in [1.54, 1.807) is 4.68 Å². The quantitative estimate of drug-likeness (QED) is 0.467. The van der Waals surface area contributed by atoms with Crippen LogP contribution in [0.1, 0.15) is 34.9 Å². The molecule has 10 heteroatoms. The number of aromatic nitrogens is 2. The Bertz CT molecular complexity index is 1220. The van der Waals surface area contributed by atoms with Gasteiger partial charge in [-0.15, -0.1) is 0 Å². The third kappa shape index (κ3) is 5.14. The minimum atomic E-state index is -4.50. The van der Waals surface area contributed by atoms with Gasteiger partial charge in [-0.2, -0.15) is 18.3 Å². The number of rotatable bonds is 6. The van der Waals surface area contributed by atoms with Gasteiger partial charge in [-0.3, -0.25) is 4.68 Å². The van der Waals surface area contributed by atoms with Crippen LogP contribution in [0.4, 0.5) is 13.2 Å². The fraction of sp³-hybridized carbons (Fsp3) is 0.333. The van der Waals surface area contributed by atoms with Gasteiger partial charge in [0.05, 0.1) is 11.6 Å². The fourth-order valence-corrected chi connectivity index (χ4v) is 4.05.